The van der Waals surface area contributed by atoms with Crippen LogP contribution >= 0.6 is 0 Å². The first-order chi connectivity index (χ1) is 13.1. The van der Waals surface area contributed by atoms with Crippen LogP contribution in [0, 0.1) is 0 Å². The highest BCUT2D eigenvalue weighted by Crippen LogP contribution is 2.46. The van der Waals surface area contributed by atoms with E-state index >= 15 is 0 Å². The summed E-state index contributed by atoms with van der Waals surface area (Å²) < 4.78 is 16.6. The smallest absolute Gasteiger partial charge is 0.338 e. The van der Waals surface area contributed by atoms with Crippen molar-refractivity contribution < 1.29 is 28.9 Å². The molecule has 138 valence electrons. The first-order valence-corrected chi connectivity index (χ1v) is 8.62. The molecule has 1 aliphatic heterocycles. The molecule has 4 rings (SSSR count). The van der Waals surface area contributed by atoms with Gasteiger partial charge in [-0.15, -0.1) is 0 Å². The molecule has 0 saturated carbocycles. The average Bonchev–Trinajstić information content (AvgIpc) is 3.44. The topological polar surface area (TPSA) is 85.4 Å². The van der Waals surface area contributed by atoms with Crippen molar-refractivity contribution in [1.29, 1.82) is 0 Å². The van der Waals surface area contributed by atoms with Gasteiger partial charge in [-0.25, -0.2) is 9.59 Å². The molecule has 4 atom stereocenters. The minimum absolute atomic E-state index is 0.125. The Morgan fingerprint density at radius 3 is 2.15 bits per heavy atom. The SMILES string of the molecule is O=C(OCC12OC1C=CC(O)C2OC(=O)c1ccccc1)c1ccccc1. The van der Waals surface area contributed by atoms with Crippen LogP contribution in [0.2, 0.25) is 0 Å². The lowest BCUT2D eigenvalue weighted by Gasteiger charge is -2.29. The van der Waals surface area contributed by atoms with E-state index in [1.165, 1.54) is 6.08 Å². The van der Waals surface area contributed by atoms with Crippen LogP contribution in [0.3, 0.4) is 0 Å². The van der Waals surface area contributed by atoms with Crippen molar-refractivity contribution in [2.75, 3.05) is 6.61 Å². The summed E-state index contributed by atoms with van der Waals surface area (Å²) in [4.78, 5) is 24.6. The van der Waals surface area contributed by atoms with Gasteiger partial charge in [-0.2, -0.15) is 0 Å². The van der Waals surface area contributed by atoms with Crippen LogP contribution in [0.25, 0.3) is 0 Å². The lowest BCUT2D eigenvalue weighted by Crippen LogP contribution is -2.49. The van der Waals surface area contributed by atoms with Gasteiger partial charge >= 0.3 is 11.9 Å². The number of fused-ring (bicyclic) bond motifs is 1. The zero-order valence-corrected chi connectivity index (χ0v) is 14.4. The van der Waals surface area contributed by atoms with Gasteiger partial charge < -0.3 is 19.3 Å². The van der Waals surface area contributed by atoms with E-state index in [1.54, 1.807) is 66.7 Å². The molecule has 1 heterocycles. The number of hydrogen-bond acceptors (Lipinski definition) is 6. The molecule has 6 heteroatoms. The Labute approximate surface area is 156 Å². The van der Waals surface area contributed by atoms with Gasteiger partial charge in [0.25, 0.3) is 0 Å². The number of carbonyl (C=O) groups excluding carboxylic acids is 2. The fourth-order valence-electron chi connectivity index (χ4n) is 3.20. The largest absolute Gasteiger partial charge is 0.459 e. The van der Waals surface area contributed by atoms with E-state index in [-0.39, 0.29) is 12.7 Å². The number of carbonyl (C=O) groups is 2. The number of epoxide rings is 1. The van der Waals surface area contributed by atoms with Crippen LogP contribution < -0.4 is 0 Å². The van der Waals surface area contributed by atoms with E-state index in [1.807, 2.05) is 0 Å². The lowest BCUT2D eigenvalue weighted by atomic mass is 9.89. The van der Waals surface area contributed by atoms with Crippen molar-refractivity contribution in [3.63, 3.8) is 0 Å². The Bertz CT molecular complexity index is 863. The van der Waals surface area contributed by atoms with Crippen molar-refractivity contribution in [2.24, 2.45) is 0 Å². The molecule has 0 bridgehead atoms. The Kier molecular flexibility index (Phi) is 4.51. The van der Waals surface area contributed by atoms with Crippen molar-refractivity contribution in [3.8, 4) is 0 Å². The van der Waals surface area contributed by atoms with Gasteiger partial charge in [-0.3, -0.25) is 0 Å². The fourth-order valence-corrected chi connectivity index (χ4v) is 3.20. The van der Waals surface area contributed by atoms with Crippen LogP contribution in [0.1, 0.15) is 20.7 Å². The molecule has 1 N–H and O–H groups in total. The maximum Gasteiger partial charge on any atom is 0.338 e. The molecular formula is C21H18O6. The molecule has 1 aliphatic carbocycles. The number of ether oxygens (including phenoxy) is 3. The Morgan fingerprint density at radius 2 is 1.52 bits per heavy atom. The Morgan fingerprint density at radius 1 is 0.926 bits per heavy atom. The third kappa shape index (κ3) is 3.37. The normalized spacial score (nSPS) is 28.1. The first kappa shape index (κ1) is 17.5. The summed E-state index contributed by atoms with van der Waals surface area (Å²) in [6.45, 7) is -0.125. The zero-order valence-electron chi connectivity index (χ0n) is 14.4. The molecule has 0 radical (unpaired) electrons. The number of aliphatic hydroxyl groups excluding tert-OH is 1. The summed E-state index contributed by atoms with van der Waals surface area (Å²) in [5.41, 5.74) is -0.285. The first-order valence-electron chi connectivity index (χ1n) is 8.62. The van der Waals surface area contributed by atoms with Gasteiger partial charge in [0.15, 0.2) is 11.7 Å². The van der Waals surface area contributed by atoms with E-state index in [2.05, 4.69) is 0 Å². The van der Waals surface area contributed by atoms with E-state index in [0.29, 0.717) is 11.1 Å². The lowest BCUT2D eigenvalue weighted by molar-refractivity contribution is -0.0546. The zero-order chi connectivity index (χ0) is 18.9. The predicted octanol–water partition coefficient (Wildman–Crippen LogP) is 2.14. The number of aliphatic hydroxyl groups is 1. The highest BCUT2D eigenvalue weighted by atomic mass is 16.7. The molecule has 1 fully saturated rings. The summed E-state index contributed by atoms with van der Waals surface area (Å²) in [6.07, 6.45) is 0.819. The van der Waals surface area contributed by atoms with Crippen molar-refractivity contribution in [1.82, 2.24) is 0 Å². The molecule has 4 unspecified atom stereocenters. The Hall–Kier alpha value is -2.96. The van der Waals surface area contributed by atoms with Crippen LogP contribution in [-0.4, -0.2) is 47.6 Å². The third-order valence-corrected chi connectivity index (χ3v) is 4.73. The molecule has 1 saturated heterocycles. The summed E-state index contributed by atoms with van der Waals surface area (Å²) in [7, 11) is 0. The van der Waals surface area contributed by atoms with E-state index in [4.69, 9.17) is 14.2 Å². The van der Waals surface area contributed by atoms with Gasteiger partial charge in [0.05, 0.1) is 11.1 Å². The summed E-state index contributed by atoms with van der Waals surface area (Å²) in [5.74, 6) is -1.07. The molecular weight excluding hydrogens is 348 g/mol. The maximum absolute atomic E-state index is 12.4. The van der Waals surface area contributed by atoms with Crippen LogP contribution in [0.15, 0.2) is 72.8 Å². The maximum atomic E-state index is 12.4. The second-order valence-corrected chi connectivity index (χ2v) is 6.50. The fraction of sp³-hybridized carbons (Fsp3) is 0.238. The number of esters is 2. The van der Waals surface area contributed by atoms with Gasteiger partial charge in [0.2, 0.25) is 0 Å². The predicted molar refractivity (Wildman–Crippen MR) is 95.1 cm³/mol. The van der Waals surface area contributed by atoms with E-state index in [0.717, 1.165) is 0 Å². The molecule has 0 spiro atoms. The van der Waals surface area contributed by atoms with Crippen LogP contribution in [-0.2, 0) is 14.2 Å². The minimum Gasteiger partial charge on any atom is -0.459 e. The summed E-state index contributed by atoms with van der Waals surface area (Å²) in [6, 6.07) is 17.1. The molecule has 27 heavy (non-hydrogen) atoms. The molecule has 2 aromatic rings. The van der Waals surface area contributed by atoms with Crippen molar-refractivity contribution >= 4 is 11.9 Å². The van der Waals surface area contributed by atoms with Crippen LogP contribution in [0.4, 0.5) is 0 Å². The molecule has 2 aliphatic rings. The van der Waals surface area contributed by atoms with Gasteiger partial charge in [-0.05, 0) is 24.3 Å². The number of rotatable bonds is 5. The standard InChI is InChI=1S/C21H18O6/c22-16-11-12-17-21(27-17,13-25-19(23)14-7-3-1-4-8-14)18(16)26-20(24)15-9-5-2-6-10-15/h1-12,16-18,22H,13H2. The monoisotopic (exact) mass is 366 g/mol. The summed E-state index contributed by atoms with van der Waals surface area (Å²) >= 11 is 0. The van der Waals surface area contributed by atoms with Crippen molar-refractivity contribution in [2.45, 2.75) is 23.9 Å². The van der Waals surface area contributed by atoms with Gasteiger partial charge in [-0.1, -0.05) is 48.6 Å². The minimum atomic E-state index is -1.07. The quantitative estimate of drug-likeness (QED) is 0.496. The Balaban J connectivity index is 1.48. The van der Waals surface area contributed by atoms with Gasteiger partial charge in [0, 0.05) is 0 Å². The van der Waals surface area contributed by atoms with Crippen molar-refractivity contribution in [3.05, 3.63) is 83.9 Å². The number of hydrogen-bond donors (Lipinski definition) is 1. The second-order valence-electron chi connectivity index (χ2n) is 6.50. The molecule has 0 aromatic heterocycles. The van der Waals surface area contributed by atoms with E-state index < -0.39 is 29.7 Å². The average molecular weight is 366 g/mol. The van der Waals surface area contributed by atoms with Crippen LogP contribution in [0.5, 0.6) is 0 Å². The molecule has 0 amide bonds. The number of benzene rings is 2. The second kappa shape index (κ2) is 6.98. The summed E-state index contributed by atoms with van der Waals surface area (Å²) in [5, 5.41) is 10.3. The highest BCUT2D eigenvalue weighted by molar-refractivity contribution is 5.90. The molecule has 2 aromatic carbocycles. The van der Waals surface area contributed by atoms with E-state index in [9.17, 15) is 14.7 Å². The molecule has 6 nitrogen and oxygen atoms in total. The van der Waals surface area contributed by atoms with Gasteiger partial charge in [0.1, 0.15) is 18.8 Å². The third-order valence-electron chi connectivity index (χ3n) is 4.73. The highest BCUT2D eigenvalue weighted by Gasteiger charge is 2.66.